The third kappa shape index (κ3) is 5.97. The van der Waals surface area contributed by atoms with Gasteiger partial charge in [-0.25, -0.2) is 19.7 Å². The van der Waals surface area contributed by atoms with Crippen molar-refractivity contribution < 1.29 is 28.2 Å². The number of alkyl halides is 3. The summed E-state index contributed by atoms with van der Waals surface area (Å²) in [4.78, 5) is 27.9. The van der Waals surface area contributed by atoms with Crippen LogP contribution >= 0.6 is 11.3 Å². The SMILES string of the molecule is Cc1cc(Nc2nccc(C(F)(F)F)n2)cc(-c2cnc(CC(O)c3ccc(C(=O)O)cc3)s2)n1. The number of halogens is 3. The number of hydrogen-bond donors (Lipinski definition) is 3. The Morgan fingerprint density at radius 1 is 1.11 bits per heavy atom. The van der Waals surface area contributed by atoms with E-state index in [9.17, 15) is 23.1 Å². The maximum atomic E-state index is 12.9. The summed E-state index contributed by atoms with van der Waals surface area (Å²) in [7, 11) is 0. The topological polar surface area (TPSA) is 121 Å². The molecule has 0 radical (unpaired) electrons. The van der Waals surface area contributed by atoms with Crippen LogP contribution in [0.1, 0.15) is 38.4 Å². The Kier molecular flexibility index (Phi) is 6.76. The Morgan fingerprint density at radius 2 is 1.86 bits per heavy atom. The molecule has 0 amide bonds. The number of benzene rings is 1. The van der Waals surface area contributed by atoms with Gasteiger partial charge in [-0.15, -0.1) is 11.3 Å². The number of hydrogen-bond acceptors (Lipinski definition) is 8. The smallest absolute Gasteiger partial charge is 0.433 e. The van der Waals surface area contributed by atoms with E-state index in [1.54, 1.807) is 37.4 Å². The molecule has 35 heavy (non-hydrogen) atoms. The summed E-state index contributed by atoms with van der Waals surface area (Å²) in [6, 6.07) is 10.1. The molecule has 0 aliphatic rings. The van der Waals surface area contributed by atoms with E-state index in [1.165, 1.54) is 23.5 Å². The van der Waals surface area contributed by atoms with Crippen molar-refractivity contribution in [1.29, 1.82) is 0 Å². The minimum Gasteiger partial charge on any atom is -0.478 e. The van der Waals surface area contributed by atoms with Crippen LogP contribution in [-0.2, 0) is 12.6 Å². The minimum atomic E-state index is -4.58. The Morgan fingerprint density at radius 3 is 2.54 bits per heavy atom. The zero-order valence-electron chi connectivity index (χ0n) is 18.1. The van der Waals surface area contributed by atoms with Gasteiger partial charge >= 0.3 is 12.1 Å². The highest BCUT2D eigenvalue weighted by Crippen LogP contribution is 2.31. The van der Waals surface area contributed by atoms with Crippen LogP contribution in [0, 0.1) is 6.92 Å². The van der Waals surface area contributed by atoms with Gasteiger partial charge < -0.3 is 15.5 Å². The van der Waals surface area contributed by atoms with Crippen molar-refractivity contribution in [3.8, 4) is 10.6 Å². The van der Waals surface area contributed by atoms with Crippen molar-refractivity contribution in [2.75, 3.05) is 5.32 Å². The number of aromatic nitrogens is 4. The molecule has 0 spiro atoms. The van der Waals surface area contributed by atoms with Gasteiger partial charge in [-0.05, 0) is 42.8 Å². The number of anilines is 2. The highest BCUT2D eigenvalue weighted by molar-refractivity contribution is 7.15. The fraction of sp³-hybridized carbons (Fsp3) is 0.174. The highest BCUT2D eigenvalue weighted by atomic mass is 32.1. The van der Waals surface area contributed by atoms with E-state index in [4.69, 9.17) is 5.11 Å². The van der Waals surface area contributed by atoms with Crippen molar-refractivity contribution in [3.05, 3.63) is 82.4 Å². The lowest BCUT2D eigenvalue weighted by Gasteiger charge is -2.10. The number of aliphatic hydroxyl groups is 1. The van der Waals surface area contributed by atoms with Crippen LogP contribution in [0.3, 0.4) is 0 Å². The average Bonchev–Trinajstić information content (AvgIpc) is 3.27. The number of rotatable bonds is 7. The molecule has 180 valence electrons. The second-order valence-corrected chi connectivity index (χ2v) is 8.65. The number of aryl methyl sites for hydroxylation is 1. The van der Waals surface area contributed by atoms with E-state index in [0.29, 0.717) is 32.5 Å². The lowest BCUT2D eigenvalue weighted by molar-refractivity contribution is -0.141. The first-order valence-corrected chi connectivity index (χ1v) is 11.0. The predicted octanol–water partition coefficient (Wildman–Crippen LogP) is 5.04. The number of carbonyl (C=O) groups is 1. The molecule has 0 fully saturated rings. The number of pyridine rings is 1. The summed E-state index contributed by atoms with van der Waals surface area (Å²) in [5.74, 6) is -1.24. The molecule has 1 atom stereocenters. The molecule has 0 aliphatic heterocycles. The van der Waals surface area contributed by atoms with Crippen LogP contribution in [0.2, 0.25) is 0 Å². The molecule has 3 heterocycles. The first-order chi connectivity index (χ1) is 16.6. The van der Waals surface area contributed by atoms with E-state index >= 15 is 0 Å². The number of aromatic carboxylic acids is 1. The monoisotopic (exact) mass is 501 g/mol. The third-order valence-electron chi connectivity index (χ3n) is 4.87. The molecule has 12 heteroatoms. The molecule has 3 N–H and O–H groups in total. The summed E-state index contributed by atoms with van der Waals surface area (Å²) in [6.07, 6.45) is -2.61. The average molecular weight is 501 g/mol. The highest BCUT2D eigenvalue weighted by Gasteiger charge is 2.32. The molecule has 4 rings (SSSR count). The third-order valence-corrected chi connectivity index (χ3v) is 5.91. The molecule has 3 aromatic heterocycles. The van der Waals surface area contributed by atoms with Gasteiger partial charge in [0.1, 0.15) is 5.69 Å². The van der Waals surface area contributed by atoms with Gasteiger partial charge in [-0.1, -0.05) is 12.1 Å². The normalized spacial score (nSPS) is 12.4. The number of nitrogens with zero attached hydrogens (tertiary/aromatic N) is 4. The zero-order valence-corrected chi connectivity index (χ0v) is 18.9. The van der Waals surface area contributed by atoms with Gasteiger partial charge in [0.25, 0.3) is 0 Å². The quantitative estimate of drug-likeness (QED) is 0.322. The number of nitrogens with one attached hydrogen (secondary N) is 1. The molecular weight excluding hydrogens is 483 g/mol. The lowest BCUT2D eigenvalue weighted by atomic mass is 10.0. The second-order valence-electron chi connectivity index (χ2n) is 7.54. The first kappa shape index (κ1) is 24.2. The van der Waals surface area contributed by atoms with Crippen LogP contribution in [0.15, 0.2) is 54.9 Å². The Balaban J connectivity index is 1.50. The number of aliphatic hydroxyl groups excluding tert-OH is 1. The predicted molar refractivity (Wildman–Crippen MR) is 122 cm³/mol. The van der Waals surface area contributed by atoms with E-state index in [0.717, 1.165) is 12.3 Å². The van der Waals surface area contributed by atoms with Crippen LogP contribution in [0.4, 0.5) is 24.8 Å². The van der Waals surface area contributed by atoms with E-state index < -0.39 is 23.9 Å². The minimum absolute atomic E-state index is 0.128. The van der Waals surface area contributed by atoms with Crippen molar-refractivity contribution in [1.82, 2.24) is 19.9 Å². The molecule has 1 unspecified atom stereocenters. The summed E-state index contributed by atoms with van der Waals surface area (Å²) < 4.78 is 38.8. The van der Waals surface area contributed by atoms with Gasteiger partial charge in [-0.3, -0.25) is 4.98 Å². The van der Waals surface area contributed by atoms with Crippen molar-refractivity contribution in [3.63, 3.8) is 0 Å². The first-order valence-electron chi connectivity index (χ1n) is 10.2. The van der Waals surface area contributed by atoms with Crippen molar-refractivity contribution in [2.24, 2.45) is 0 Å². The Hall–Kier alpha value is -3.90. The Labute approximate surface area is 201 Å². The number of carboxylic acids is 1. The maximum absolute atomic E-state index is 12.9. The zero-order chi connectivity index (χ0) is 25.2. The molecule has 0 aliphatic carbocycles. The van der Waals surface area contributed by atoms with Gasteiger partial charge in [0.2, 0.25) is 5.95 Å². The van der Waals surface area contributed by atoms with Crippen LogP contribution in [0.25, 0.3) is 10.6 Å². The fourth-order valence-corrected chi connectivity index (χ4v) is 4.14. The molecule has 0 bridgehead atoms. The van der Waals surface area contributed by atoms with Gasteiger partial charge in [-0.2, -0.15) is 13.2 Å². The summed E-state index contributed by atoms with van der Waals surface area (Å²) in [6.45, 7) is 1.74. The fourth-order valence-electron chi connectivity index (χ4n) is 3.23. The second kappa shape index (κ2) is 9.76. The largest absolute Gasteiger partial charge is 0.478 e. The molecule has 1 aromatic carbocycles. The van der Waals surface area contributed by atoms with E-state index in [2.05, 4.69) is 25.3 Å². The van der Waals surface area contributed by atoms with Gasteiger partial charge in [0.15, 0.2) is 0 Å². The Bertz CT molecular complexity index is 1360. The standard InChI is InChI=1S/C23H18F3N5O3S/c1-12-8-15(30-22-27-7-6-19(31-22)23(24,25)26)9-16(29-12)18-11-28-20(35-18)10-17(32)13-2-4-14(5-3-13)21(33)34/h2-9,11,17,32H,10H2,1H3,(H,33,34)(H,27,29,30,31). The van der Waals surface area contributed by atoms with Crippen molar-refractivity contribution >= 4 is 28.9 Å². The number of carboxylic acid groups (broad SMARTS) is 1. The van der Waals surface area contributed by atoms with Gasteiger partial charge in [0, 0.05) is 30.2 Å². The molecule has 0 saturated carbocycles. The summed E-state index contributed by atoms with van der Waals surface area (Å²) in [5.41, 5.74) is 1.26. The van der Waals surface area contributed by atoms with Crippen LogP contribution in [-0.4, -0.2) is 36.1 Å². The van der Waals surface area contributed by atoms with E-state index in [-0.39, 0.29) is 17.9 Å². The summed E-state index contributed by atoms with van der Waals surface area (Å²) >= 11 is 1.31. The molecular formula is C23H18F3N5O3S. The summed E-state index contributed by atoms with van der Waals surface area (Å²) in [5, 5.41) is 22.9. The molecule has 4 aromatic rings. The van der Waals surface area contributed by atoms with Gasteiger partial charge in [0.05, 0.1) is 27.2 Å². The van der Waals surface area contributed by atoms with Crippen molar-refractivity contribution in [2.45, 2.75) is 25.6 Å². The van der Waals surface area contributed by atoms with Crippen LogP contribution in [0.5, 0.6) is 0 Å². The molecule has 8 nitrogen and oxygen atoms in total. The van der Waals surface area contributed by atoms with Crippen LogP contribution < -0.4 is 5.32 Å². The number of thiazole rings is 1. The lowest BCUT2D eigenvalue weighted by Crippen LogP contribution is -2.10. The molecule has 0 saturated heterocycles. The maximum Gasteiger partial charge on any atom is 0.433 e. The van der Waals surface area contributed by atoms with E-state index in [1.807, 2.05) is 0 Å².